The van der Waals surface area contributed by atoms with Crippen molar-refractivity contribution in [3.05, 3.63) is 89.5 Å². The lowest BCUT2D eigenvalue weighted by atomic mass is 10.0. The molecule has 3 aromatic rings. The molecule has 0 heterocycles. The van der Waals surface area contributed by atoms with Crippen LogP contribution in [0.2, 0.25) is 0 Å². The van der Waals surface area contributed by atoms with Crippen molar-refractivity contribution in [2.24, 2.45) is 0 Å². The van der Waals surface area contributed by atoms with Crippen molar-refractivity contribution in [2.45, 2.75) is 12.8 Å². The number of phenolic OH excluding ortho intramolecular Hbond substituents is 1. The summed E-state index contributed by atoms with van der Waals surface area (Å²) in [6.45, 7) is 0. The predicted molar refractivity (Wildman–Crippen MR) is 98.6 cm³/mol. The molecule has 4 nitrogen and oxygen atoms in total. The van der Waals surface area contributed by atoms with Gasteiger partial charge in [0.2, 0.25) is 0 Å². The maximum absolute atomic E-state index is 11.5. The molecule has 126 valence electrons. The molecule has 4 heteroatoms. The van der Waals surface area contributed by atoms with E-state index in [-0.39, 0.29) is 11.3 Å². The van der Waals surface area contributed by atoms with Crippen LogP contribution >= 0.6 is 0 Å². The van der Waals surface area contributed by atoms with Crippen LogP contribution in [0.15, 0.2) is 72.8 Å². The van der Waals surface area contributed by atoms with Gasteiger partial charge in [-0.2, -0.15) is 0 Å². The number of aryl methyl sites for hydroxylation is 2. The van der Waals surface area contributed by atoms with Gasteiger partial charge in [-0.3, -0.25) is 0 Å². The number of carboxylic acids is 1. The van der Waals surface area contributed by atoms with E-state index in [0.717, 1.165) is 18.4 Å². The summed E-state index contributed by atoms with van der Waals surface area (Å²) >= 11 is 0. The highest BCUT2D eigenvalue weighted by Gasteiger charge is 2.11. The summed E-state index contributed by atoms with van der Waals surface area (Å²) in [5, 5.41) is 22.1. The van der Waals surface area contributed by atoms with Crippen LogP contribution in [0.4, 0.5) is 11.4 Å². The van der Waals surface area contributed by atoms with Crippen LogP contribution in [0.5, 0.6) is 5.75 Å². The molecule has 0 amide bonds. The van der Waals surface area contributed by atoms with Gasteiger partial charge in [0.1, 0.15) is 5.75 Å². The van der Waals surface area contributed by atoms with Gasteiger partial charge in [0.15, 0.2) is 0 Å². The molecule has 25 heavy (non-hydrogen) atoms. The number of aromatic hydroxyl groups is 1. The summed E-state index contributed by atoms with van der Waals surface area (Å²) in [4.78, 5) is 11.5. The Hall–Kier alpha value is -3.27. The van der Waals surface area contributed by atoms with Gasteiger partial charge in [0, 0.05) is 11.8 Å². The molecule has 0 spiro atoms. The Morgan fingerprint density at radius 2 is 1.60 bits per heavy atom. The first kappa shape index (κ1) is 16.6. The zero-order valence-corrected chi connectivity index (χ0v) is 13.6. The molecule has 0 aliphatic rings. The molecule has 0 aliphatic carbocycles. The van der Waals surface area contributed by atoms with E-state index in [2.05, 4.69) is 17.4 Å². The van der Waals surface area contributed by atoms with Crippen molar-refractivity contribution in [1.82, 2.24) is 0 Å². The first-order valence-corrected chi connectivity index (χ1v) is 8.08. The Balaban J connectivity index is 1.83. The van der Waals surface area contributed by atoms with Crippen molar-refractivity contribution in [3.63, 3.8) is 0 Å². The van der Waals surface area contributed by atoms with E-state index in [4.69, 9.17) is 0 Å². The Labute approximate surface area is 146 Å². The molecule has 0 aromatic heterocycles. The van der Waals surface area contributed by atoms with Gasteiger partial charge in [-0.05, 0) is 48.2 Å². The number of rotatable bonds is 6. The third kappa shape index (κ3) is 4.38. The topological polar surface area (TPSA) is 69.6 Å². The van der Waals surface area contributed by atoms with E-state index in [9.17, 15) is 15.0 Å². The Morgan fingerprint density at radius 3 is 2.32 bits per heavy atom. The second-order valence-electron chi connectivity index (χ2n) is 5.85. The van der Waals surface area contributed by atoms with Crippen molar-refractivity contribution in [2.75, 3.05) is 5.32 Å². The highest BCUT2D eigenvalue weighted by molar-refractivity contribution is 5.95. The van der Waals surface area contributed by atoms with Crippen LogP contribution in [0.1, 0.15) is 21.5 Å². The first-order valence-electron chi connectivity index (χ1n) is 8.08. The van der Waals surface area contributed by atoms with E-state index in [1.807, 2.05) is 30.3 Å². The molecule has 0 fully saturated rings. The van der Waals surface area contributed by atoms with E-state index < -0.39 is 5.97 Å². The number of hydrogen-bond donors (Lipinski definition) is 3. The Morgan fingerprint density at radius 1 is 0.840 bits per heavy atom. The molecule has 0 saturated carbocycles. The zero-order valence-electron chi connectivity index (χ0n) is 13.6. The standard InChI is InChI=1S/C21H19NO3/c23-18-8-4-7-17(14-18)22-20-13-16(11-12-19(20)21(24)25)10-9-15-5-2-1-3-6-15/h1-8,11-14,22-23H,9-10H2,(H,24,25). The van der Waals surface area contributed by atoms with Gasteiger partial charge in [-0.25, -0.2) is 4.79 Å². The van der Waals surface area contributed by atoms with Gasteiger partial charge >= 0.3 is 5.97 Å². The highest BCUT2D eigenvalue weighted by Crippen LogP contribution is 2.25. The zero-order chi connectivity index (χ0) is 17.6. The van der Waals surface area contributed by atoms with E-state index in [1.54, 1.807) is 30.3 Å². The normalized spacial score (nSPS) is 10.4. The molecule has 0 aliphatic heterocycles. The maximum Gasteiger partial charge on any atom is 0.337 e. The van der Waals surface area contributed by atoms with E-state index in [1.165, 1.54) is 5.56 Å². The molecule has 0 saturated heterocycles. The average molecular weight is 333 g/mol. The largest absolute Gasteiger partial charge is 0.508 e. The summed E-state index contributed by atoms with van der Waals surface area (Å²) in [7, 11) is 0. The van der Waals surface area contributed by atoms with Crippen LogP contribution in [0.3, 0.4) is 0 Å². The minimum atomic E-state index is -0.989. The van der Waals surface area contributed by atoms with Gasteiger partial charge in [0.25, 0.3) is 0 Å². The Kier molecular flexibility index (Phi) is 5.00. The number of benzene rings is 3. The molecule has 0 radical (unpaired) electrons. The number of carbonyl (C=O) groups is 1. The highest BCUT2D eigenvalue weighted by atomic mass is 16.4. The SMILES string of the molecule is O=C(O)c1ccc(CCc2ccccc2)cc1Nc1cccc(O)c1. The molecule has 3 rings (SSSR count). The van der Waals surface area contributed by atoms with Crippen LogP contribution < -0.4 is 5.32 Å². The number of carboxylic acid groups (broad SMARTS) is 1. The molecular formula is C21H19NO3. The molecule has 0 unspecified atom stereocenters. The van der Waals surface area contributed by atoms with Crippen molar-refractivity contribution >= 4 is 17.3 Å². The predicted octanol–water partition coefficient (Wildman–Crippen LogP) is 4.62. The maximum atomic E-state index is 11.5. The van der Waals surface area contributed by atoms with E-state index in [0.29, 0.717) is 11.4 Å². The monoisotopic (exact) mass is 333 g/mol. The fourth-order valence-electron chi connectivity index (χ4n) is 2.71. The fraction of sp³-hybridized carbons (Fsp3) is 0.0952. The molecule has 3 N–H and O–H groups in total. The van der Waals surface area contributed by atoms with Crippen molar-refractivity contribution < 1.29 is 15.0 Å². The Bertz CT molecular complexity index is 875. The average Bonchev–Trinajstić information content (AvgIpc) is 2.61. The number of anilines is 2. The molecule has 0 bridgehead atoms. The number of phenols is 1. The molecular weight excluding hydrogens is 314 g/mol. The van der Waals surface area contributed by atoms with Gasteiger partial charge in [-0.1, -0.05) is 42.5 Å². The fourth-order valence-corrected chi connectivity index (χ4v) is 2.71. The van der Waals surface area contributed by atoms with E-state index >= 15 is 0 Å². The molecule has 0 atom stereocenters. The first-order chi connectivity index (χ1) is 12.1. The lowest BCUT2D eigenvalue weighted by Gasteiger charge is -2.12. The lowest BCUT2D eigenvalue weighted by Crippen LogP contribution is -2.04. The minimum absolute atomic E-state index is 0.127. The summed E-state index contributed by atoms with van der Waals surface area (Å²) in [6, 6.07) is 22.1. The number of hydrogen-bond acceptors (Lipinski definition) is 3. The van der Waals surface area contributed by atoms with Crippen LogP contribution in [-0.4, -0.2) is 16.2 Å². The third-order valence-corrected chi connectivity index (χ3v) is 3.98. The summed E-state index contributed by atoms with van der Waals surface area (Å²) in [5.41, 5.74) is 3.65. The van der Waals surface area contributed by atoms with Crippen LogP contribution in [0, 0.1) is 0 Å². The number of nitrogens with one attached hydrogen (secondary N) is 1. The number of aromatic carboxylic acids is 1. The van der Waals surface area contributed by atoms with Crippen LogP contribution in [-0.2, 0) is 12.8 Å². The smallest absolute Gasteiger partial charge is 0.337 e. The second-order valence-corrected chi connectivity index (χ2v) is 5.85. The van der Waals surface area contributed by atoms with Gasteiger partial charge < -0.3 is 15.5 Å². The lowest BCUT2D eigenvalue weighted by molar-refractivity contribution is 0.0698. The summed E-state index contributed by atoms with van der Waals surface area (Å²) in [5.74, 6) is -0.862. The van der Waals surface area contributed by atoms with Gasteiger partial charge in [0.05, 0.1) is 11.3 Å². The van der Waals surface area contributed by atoms with Crippen LogP contribution in [0.25, 0.3) is 0 Å². The second kappa shape index (κ2) is 7.53. The van der Waals surface area contributed by atoms with Gasteiger partial charge in [-0.15, -0.1) is 0 Å². The van der Waals surface area contributed by atoms with Crippen molar-refractivity contribution in [1.29, 1.82) is 0 Å². The summed E-state index contributed by atoms with van der Waals surface area (Å²) in [6.07, 6.45) is 1.71. The van der Waals surface area contributed by atoms with Crippen molar-refractivity contribution in [3.8, 4) is 5.75 Å². The summed E-state index contributed by atoms with van der Waals surface area (Å²) < 4.78 is 0. The third-order valence-electron chi connectivity index (χ3n) is 3.98. The molecule has 3 aromatic carbocycles. The quantitative estimate of drug-likeness (QED) is 0.616. The minimum Gasteiger partial charge on any atom is -0.508 e.